The fraction of sp³-hybridized carbons (Fsp3) is 0.737. The van der Waals surface area contributed by atoms with Crippen molar-refractivity contribution in [2.45, 2.75) is 39.7 Å². The minimum atomic E-state index is -3.27. The van der Waals surface area contributed by atoms with E-state index in [1.807, 2.05) is 20.8 Å². The first-order valence-electron chi connectivity index (χ1n) is 9.99. The molecule has 2 rings (SSSR count). The predicted molar refractivity (Wildman–Crippen MR) is 132 cm³/mol. The smallest absolute Gasteiger partial charge is 0.216 e. The maximum atomic E-state index is 12.5. The number of guanidine groups is 1. The molecule has 1 aromatic heterocycles. The van der Waals surface area contributed by atoms with Gasteiger partial charge in [-0.2, -0.15) is 4.31 Å². The molecule has 0 amide bonds. The minimum absolute atomic E-state index is 0. The number of aliphatic imine (C=N–C) groups is 1. The van der Waals surface area contributed by atoms with Gasteiger partial charge in [-0.25, -0.2) is 8.42 Å². The third kappa shape index (κ3) is 8.68. The summed E-state index contributed by atoms with van der Waals surface area (Å²) in [5.41, 5.74) is 0. The van der Waals surface area contributed by atoms with Gasteiger partial charge in [-0.05, 0) is 32.2 Å². The molecule has 0 aliphatic carbocycles. The lowest BCUT2D eigenvalue weighted by Gasteiger charge is -2.36. The first-order valence-corrected chi connectivity index (χ1v) is 12.5. The van der Waals surface area contributed by atoms with Crippen LogP contribution in [0, 0.1) is 0 Å². The van der Waals surface area contributed by atoms with E-state index in [-0.39, 0.29) is 42.4 Å². The molecule has 1 fully saturated rings. The van der Waals surface area contributed by atoms with Crippen LogP contribution >= 0.6 is 35.3 Å². The molecule has 1 aliphatic heterocycles. The highest BCUT2D eigenvalue weighted by atomic mass is 127. The zero-order valence-corrected chi connectivity index (χ0v) is 21.8. The lowest BCUT2D eigenvalue weighted by atomic mass is 10.1. The Kier molecular flexibility index (Phi) is 12.0. The summed E-state index contributed by atoms with van der Waals surface area (Å²) in [5, 5.41) is 5.43. The monoisotopic (exact) mass is 558 g/mol. The van der Waals surface area contributed by atoms with Crippen LogP contribution in [0.2, 0.25) is 0 Å². The van der Waals surface area contributed by atoms with Crippen LogP contribution in [-0.2, 0) is 14.8 Å². The molecule has 1 saturated heterocycles. The summed E-state index contributed by atoms with van der Waals surface area (Å²) in [5.74, 6) is 1.28. The molecule has 1 unspecified atom stereocenters. The predicted octanol–water partition coefficient (Wildman–Crippen LogP) is 2.81. The zero-order valence-electron chi connectivity index (χ0n) is 17.8. The highest BCUT2D eigenvalue weighted by Crippen LogP contribution is 2.21. The van der Waals surface area contributed by atoms with Gasteiger partial charge in [0.1, 0.15) is 0 Å². The van der Waals surface area contributed by atoms with Crippen LogP contribution in [0.5, 0.6) is 0 Å². The molecule has 1 atom stereocenters. The normalized spacial score (nSPS) is 17.3. The molecule has 1 N–H and O–H groups in total. The Labute approximate surface area is 197 Å². The van der Waals surface area contributed by atoms with E-state index in [0.717, 1.165) is 12.5 Å². The van der Waals surface area contributed by atoms with E-state index >= 15 is 0 Å². The SMILES string of the molecule is CCNC(=NCC(C)c1cccs1)N1CCN(S(=O)(=O)CCOC(C)C)CC1.I. The summed E-state index contributed by atoms with van der Waals surface area (Å²) in [4.78, 5) is 8.29. The number of hydrogen-bond acceptors (Lipinski definition) is 5. The number of rotatable bonds is 9. The molecule has 2 heterocycles. The highest BCUT2D eigenvalue weighted by Gasteiger charge is 2.28. The summed E-state index contributed by atoms with van der Waals surface area (Å²) < 4.78 is 32.0. The second kappa shape index (κ2) is 13.1. The third-order valence-electron chi connectivity index (χ3n) is 4.60. The van der Waals surface area contributed by atoms with Crippen LogP contribution < -0.4 is 5.32 Å². The third-order valence-corrected chi connectivity index (χ3v) is 7.54. The molecule has 0 bridgehead atoms. The second-order valence-electron chi connectivity index (χ2n) is 7.23. The van der Waals surface area contributed by atoms with Crippen LogP contribution in [0.4, 0.5) is 0 Å². The highest BCUT2D eigenvalue weighted by molar-refractivity contribution is 14.0. The second-order valence-corrected chi connectivity index (χ2v) is 10.3. The van der Waals surface area contributed by atoms with Crippen molar-refractivity contribution in [2.75, 3.05) is 51.6 Å². The van der Waals surface area contributed by atoms with Crippen molar-refractivity contribution >= 4 is 51.3 Å². The molecule has 10 heteroatoms. The van der Waals surface area contributed by atoms with Gasteiger partial charge in [0.15, 0.2) is 5.96 Å². The number of nitrogens with one attached hydrogen (secondary N) is 1. The molecule has 0 spiro atoms. The number of sulfonamides is 1. The Bertz CT molecular complexity index is 703. The zero-order chi connectivity index (χ0) is 20.6. The van der Waals surface area contributed by atoms with Gasteiger partial charge < -0.3 is 15.0 Å². The number of nitrogens with zero attached hydrogens (tertiary/aromatic N) is 3. The van der Waals surface area contributed by atoms with Gasteiger partial charge in [0.05, 0.1) is 25.0 Å². The number of thiophene rings is 1. The Hall–Kier alpha value is -0.430. The first-order chi connectivity index (χ1) is 13.3. The Balaban J connectivity index is 0.00000420. The van der Waals surface area contributed by atoms with E-state index in [1.54, 1.807) is 15.6 Å². The summed E-state index contributed by atoms with van der Waals surface area (Å²) >= 11 is 1.76. The van der Waals surface area contributed by atoms with E-state index in [2.05, 4.69) is 34.7 Å². The van der Waals surface area contributed by atoms with E-state index in [4.69, 9.17) is 9.73 Å². The van der Waals surface area contributed by atoms with Gasteiger partial charge in [0, 0.05) is 43.5 Å². The summed E-state index contributed by atoms with van der Waals surface area (Å²) in [6.07, 6.45) is 0.0440. The van der Waals surface area contributed by atoms with E-state index < -0.39 is 10.0 Å². The molecule has 0 aromatic carbocycles. The van der Waals surface area contributed by atoms with Crippen LogP contribution in [0.1, 0.15) is 38.5 Å². The van der Waals surface area contributed by atoms with Crippen LogP contribution in [0.15, 0.2) is 22.5 Å². The molecule has 168 valence electrons. The topological polar surface area (TPSA) is 74.2 Å². The number of piperazine rings is 1. The fourth-order valence-corrected chi connectivity index (χ4v) is 5.07. The van der Waals surface area contributed by atoms with Gasteiger partial charge in [-0.15, -0.1) is 35.3 Å². The average molecular weight is 559 g/mol. The van der Waals surface area contributed by atoms with Gasteiger partial charge in [-0.3, -0.25) is 4.99 Å². The maximum absolute atomic E-state index is 12.5. The van der Waals surface area contributed by atoms with Gasteiger partial charge >= 0.3 is 0 Å². The van der Waals surface area contributed by atoms with Crippen LogP contribution in [-0.4, -0.2) is 81.3 Å². The first kappa shape index (κ1) is 26.6. The molecule has 29 heavy (non-hydrogen) atoms. The summed E-state index contributed by atoms with van der Waals surface area (Å²) in [6, 6.07) is 4.21. The Morgan fingerprint density at radius 2 is 1.97 bits per heavy atom. The van der Waals surface area contributed by atoms with Gasteiger partial charge in [0.2, 0.25) is 10.0 Å². The Morgan fingerprint density at radius 3 is 2.52 bits per heavy atom. The van der Waals surface area contributed by atoms with Gasteiger partial charge in [-0.1, -0.05) is 13.0 Å². The number of halogens is 1. The van der Waals surface area contributed by atoms with E-state index in [9.17, 15) is 8.42 Å². The van der Waals surface area contributed by atoms with Gasteiger partial charge in [0.25, 0.3) is 0 Å². The molecule has 1 aliphatic rings. The van der Waals surface area contributed by atoms with Crippen molar-refractivity contribution in [1.82, 2.24) is 14.5 Å². The van der Waals surface area contributed by atoms with Crippen molar-refractivity contribution in [3.05, 3.63) is 22.4 Å². The van der Waals surface area contributed by atoms with Crippen molar-refractivity contribution < 1.29 is 13.2 Å². The number of ether oxygens (including phenoxy) is 1. The summed E-state index contributed by atoms with van der Waals surface area (Å²) in [6.45, 7) is 12.0. The maximum Gasteiger partial charge on any atom is 0.216 e. The van der Waals surface area contributed by atoms with Crippen molar-refractivity contribution in [1.29, 1.82) is 0 Å². The van der Waals surface area contributed by atoms with Crippen LogP contribution in [0.3, 0.4) is 0 Å². The quantitative estimate of drug-likeness (QED) is 0.287. The number of hydrogen-bond donors (Lipinski definition) is 1. The molecule has 7 nitrogen and oxygen atoms in total. The largest absolute Gasteiger partial charge is 0.378 e. The molecular formula is C19H35IN4O3S2. The fourth-order valence-electron chi connectivity index (χ4n) is 3.01. The van der Waals surface area contributed by atoms with Crippen molar-refractivity contribution in [3.8, 4) is 0 Å². The molecule has 0 saturated carbocycles. The van der Waals surface area contributed by atoms with Crippen molar-refractivity contribution in [3.63, 3.8) is 0 Å². The van der Waals surface area contributed by atoms with Crippen LogP contribution in [0.25, 0.3) is 0 Å². The lowest BCUT2D eigenvalue weighted by molar-refractivity contribution is 0.0904. The average Bonchev–Trinajstić information content (AvgIpc) is 3.19. The Morgan fingerprint density at radius 1 is 1.28 bits per heavy atom. The van der Waals surface area contributed by atoms with E-state index in [1.165, 1.54) is 4.88 Å². The molecule has 0 radical (unpaired) electrons. The lowest BCUT2D eigenvalue weighted by Crippen LogP contribution is -2.54. The van der Waals surface area contributed by atoms with Crippen molar-refractivity contribution in [2.24, 2.45) is 4.99 Å². The molecule has 1 aromatic rings. The van der Waals surface area contributed by atoms with E-state index in [0.29, 0.717) is 38.6 Å². The standard InChI is InChI=1S/C19H34N4O3S2.HI/c1-5-20-19(21-15-17(4)18-7-6-13-27-18)22-8-10-23(11-9-22)28(24,25)14-12-26-16(2)3;/h6-7,13,16-17H,5,8-12,14-15H2,1-4H3,(H,20,21);1H. The molecular weight excluding hydrogens is 523 g/mol. The minimum Gasteiger partial charge on any atom is -0.378 e. The summed E-state index contributed by atoms with van der Waals surface area (Å²) in [7, 11) is -3.27.